The van der Waals surface area contributed by atoms with Crippen LogP contribution in [0.25, 0.3) is 0 Å². The summed E-state index contributed by atoms with van der Waals surface area (Å²) in [7, 11) is 0. The van der Waals surface area contributed by atoms with Crippen LogP contribution in [0.5, 0.6) is 0 Å². The summed E-state index contributed by atoms with van der Waals surface area (Å²) in [5.74, 6) is 0.840. The maximum Gasteiger partial charge on any atom is 0.191 e. The highest BCUT2D eigenvalue weighted by molar-refractivity contribution is 14.0. The van der Waals surface area contributed by atoms with Gasteiger partial charge in [-0.05, 0) is 33.6 Å². The van der Waals surface area contributed by atoms with E-state index in [4.69, 9.17) is 11.6 Å². The van der Waals surface area contributed by atoms with Gasteiger partial charge >= 0.3 is 0 Å². The van der Waals surface area contributed by atoms with Crippen molar-refractivity contribution >= 4 is 41.5 Å². The first-order valence-electron chi connectivity index (χ1n) is 7.15. The Morgan fingerprint density at radius 2 is 2.00 bits per heavy atom. The van der Waals surface area contributed by atoms with Crippen molar-refractivity contribution in [3.63, 3.8) is 0 Å². The zero-order chi connectivity index (χ0) is 14.3. The summed E-state index contributed by atoms with van der Waals surface area (Å²) in [6.45, 7) is 13.8. The number of halogens is 2. The van der Waals surface area contributed by atoms with Crippen molar-refractivity contribution in [1.82, 2.24) is 15.5 Å². The molecule has 0 spiro atoms. The molecule has 0 aromatic carbocycles. The van der Waals surface area contributed by atoms with Gasteiger partial charge in [0.15, 0.2) is 5.96 Å². The molecule has 2 N–H and O–H groups in total. The van der Waals surface area contributed by atoms with Crippen molar-refractivity contribution in [2.24, 2.45) is 4.99 Å². The summed E-state index contributed by atoms with van der Waals surface area (Å²) in [4.78, 5) is 6.93. The highest BCUT2D eigenvalue weighted by atomic mass is 127. The zero-order valence-corrected chi connectivity index (χ0v) is 15.9. The third kappa shape index (κ3) is 7.69. The maximum absolute atomic E-state index is 5.75. The second-order valence-corrected chi connectivity index (χ2v) is 5.80. The summed E-state index contributed by atoms with van der Waals surface area (Å²) >= 11 is 5.75. The van der Waals surface area contributed by atoms with Crippen LogP contribution in [-0.4, -0.2) is 49.1 Å². The fourth-order valence-electron chi connectivity index (χ4n) is 2.24. The zero-order valence-electron chi connectivity index (χ0n) is 12.8. The van der Waals surface area contributed by atoms with Gasteiger partial charge in [0.25, 0.3) is 0 Å². The fraction of sp³-hybridized carbons (Fsp3) is 0.786. The lowest BCUT2D eigenvalue weighted by atomic mass is 10.0. The second kappa shape index (κ2) is 10.7. The summed E-state index contributed by atoms with van der Waals surface area (Å²) in [6, 6.07) is 1.14. The number of likely N-dealkylation sites (tertiary alicyclic amines) is 1. The van der Waals surface area contributed by atoms with Gasteiger partial charge in [0.05, 0.1) is 6.54 Å². The highest BCUT2D eigenvalue weighted by Gasteiger charge is 2.21. The van der Waals surface area contributed by atoms with Gasteiger partial charge in [-0.15, -0.1) is 24.0 Å². The Morgan fingerprint density at radius 1 is 1.40 bits per heavy atom. The molecule has 0 radical (unpaired) electrons. The quantitative estimate of drug-likeness (QED) is 0.413. The molecule has 1 heterocycles. The number of piperidine rings is 1. The molecule has 0 bridgehead atoms. The Morgan fingerprint density at radius 3 is 2.45 bits per heavy atom. The molecule has 0 aliphatic carbocycles. The molecule has 118 valence electrons. The van der Waals surface area contributed by atoms with Gasteiger partial charge in [-0.3, -0.25) is 0 Å². The number of hydrogen-bond acceptors (Lipinski definition) is 2. The molecular weight excluding hydrogens is 387 g/mol. The highest BCUT2D eigenvalue weighted by Crippen LogP contribution is 2.12. The van der Waals surface area contributed by atoms with Gasteiger partial charge in [-0.1, -0.05) is 18.2 Å². The van der Waals surface area contributed by atoms with Crippen LogP contribution in [0.1, 0.15) is 33.6 Å². The molecule has 4 nitrogen and oxygen atoms in total. The standard InChI is InChI=1S/C14H27ClN4.HI/c1-5-16-14(17-10-12(4)15)18-13-6-8-19(9-7-13)11(2)3;/h11,13H,4-10H2,1-3H3,(H2,16,17,18);1H. The summed E-state index contributed by atoms with van der Waals surface area (Å²) < 4.78 is 0. The van der Waals surface area contributed by atoms with E-state index >= 15 is 0 Å². The normalized spacial score (nSPS) is 17.8. The van der Waals surface area contributed by atoms with Gasteiger partial charge in [0.1, 0.15) is 0 Å². The first kappa shape index (κ1) is 20.0. The molecule has 1 saturated heterocycles. The van der Waals surface area contributed by atoms with Crippen LogP contribution >= 0.6 is 35.6 Å². The van der Waals surface area contributed by atoms with Crippen molar-refractivity contribution < 1.29 is 0 Å². The second-order valence-electron chi connectivity index (χ2n) is 5.26. The minimum absolute atomic E-state index is 0. The van der Waals surface area contributed by atoms with Crippen molar-refractivity contribution in [3.05, 3.63) is 11.6 Å². The lowest BCUT2D eigenvalue weighted by Gasteiger charge is -2.35. The number of nitrogens with one attached hydrogen (secondary N) is 2. The molecule has 20 heavy (non-hydrogen) atoms. The van der Waals surface area contributed by atoms with E-state index in [1.807, 2.05) is 0 Å². The predicted molar refractivity (Wildman–Crippen MR) is 99.3 cm³/mol. The number of nitrogens with zero attached hydrogens (tertiary/aromatic N) is 2. The lowest BCUT2D eigenvalue weighted by molar-refractivity contribution is 0.167. The summed E-state index contributed by atoms with van der Waals surface area (Å²) in [5, 5.41) is 7.29. The maximum atomic E-state index is 5.75. The van der Waals surface area contributed by atoms with E-state index in [0.29, 0.717) is 23.7 Å². The van der Waals surface area contributed by atoms with Gasteiger partial charge in [-0.2, -0.15) is 0 Å². The first-order valence-corrected chi connectivity index (χ1v) is 7.53. The van der Waals surface area contributed by atoms with Crippen molar-refractivity contribution in [2.75, 3.05) is 26.2 Å². The van der Waals surface area contributed by atoms with Crippen molar-refractivity contribution in [3.8, 4) is 0 Å². The molecule has 0 saturated carbocycles. The Hall–Kier alpha value is -0.0100. The molecule has 6 heteroatoms. The molecule has 0 unspecified atom stereocenters. The van der Waals surface area contributed by atoms with E-state index < -0.39 is 0 Å². The number of rotatable bonds is 5. The minimum atomic E-state index is 0. The number of guanidine groups is 1. The van der Waals surface area contributed by atoms with Crippen LogP contribution in [0, 0.1) is 0 Å². The van der Waals surface area contributed by atoms with Gasteiger partial charge < -0.3 is 15.5 Å². The molecule has 0 aromatic heterocycles. The molecule has 0 aromatic rings. The molecular formula is C14H28ClIN4. The number of aliphatic imine (C=N–C) groups is 1. The predicted octanol–water partition coefficient (Wildman–Crippen LogP) is 2.78. The Balaban J connectivity index is 0.00000361. The molecule has 1 aliphatic rings. The van der Waals surface area contributed by atoms with Crippen molar-refractivity contribution in [1.29, 1.82) is 0 Å². The largest absolute Gasteiger partial charge is 0.357 e. The first-order chi connectivity index (χ1) is 9.02. The molecule has 0 amide bonds. The summed E-state index contributed by atoms with van der Waals surface area (Å²) in [6.07, 6.45) is 2.31. The molecule has 1 fully saturated rings. The minimum Gasteiger partial charge on any atom is -0.357 e. The van der Waals surface area contributed by atoms with E-state index in [1.54, 1.807) is 0 Å². The van der Waals surface area contributed by atoms with Gasteiger partial charge in [0.2, 0.25) is 0 Å². The van der Waals surface area contributed by atoms with Crippen LogP contribution < -0.4 is 10.6 Å². The van der Waals surface area contributed by atoms with Crippen LogP contribution in [0.15, 0.2) is 16.6 Å². The van der Waals surface area contributed by atoms with Crippen LogP contribution in [0.2, 0.25) is 0 Å². The molecule has 0 atom stereocenters. The van der Waals surface area contributed by atoms with E-state index in [0.717, 1.165) is 38.4 Å². The third-order valence-electron chi connectivity index (χ3n) is 3.35. The smallest absolute Gasteiger partial charge is 0.191 e. The average molecular weight is 415 g/mol. The Kier molecular flexibility index (Phi) is 10.7. The van der Waals surface area contributed by atoms with E-state index in [-0.39, 0.29) is 24.0 Å². The molecule has 1 aliphatic heterocycles. The van der Waals surface area contributed by atoms with E-state index in [1.165, 1.54) is 0 Å². The Labute approximate surface area is 145 Å². The lowest BCUT2D eigenvalue weighted by Crippen LogP contribution is -2.49. The Bertz CT molecular complexity index is 312. The topological polar surface area (TPSA) is 39.7 Å². The van der Waals surface area contributed by atoms with Crippen LogP contribution in [-0.2, 0) is 0 Å². The summed E-state index contributed by atoms with van der Waals surface area (Å²) in [5.41, 5.74) is 0. The van der Waals surface area contributed by atoms with Gasteiger partial charge in [0, 0.05) is 36.8 Å². The number of hydrogen-bond donors (Lipinski definition) is 2. The van der Waals surface area contributed by atoms with Crippen LogP contribution in [0.3, 0.4) is 0 Å². The fourth-order valence-corrected chi connectivity index (χ4v) is 2.30. The van der Waals surface area contributed by atoms with E-state index in [2.05, 4.69) is 47.9 Å². The average Bonchev–Trinajstić information content (AvgIpc) is 2.37. The SMILES string of the molecule is C=C(Cl)CN=C(NCC)NC1CCN(C(C)C)CC1.I. The third-order valence-corrected chi connectivity index (χ3v) is 3.47. The van der Waals surface area contributed by atoms with Crippen LogP contribution in [0.4, 0.5) is 0 Å². The van der Waals surface area contributed by atoms with E-state index in [9.17, 15) is 0 Å². The monoisotopic (exact) mass is 414 g/mol. The van der Waals surface area contributed by atoms with Gasteiger partial charge in [-0.25, -0.2) is 4.99 Å². The molecule has 1 rings (SSSR count). The van der Waals surface area contributed by atoms with Crippen molar-refractivity contribution in [2.45, 2.75) is 45.7 Å².